The van der Waals surface area contributed by atoms with Gasteiger partial charge in [-0.25, -0.2) is 0 Å². The van der Waals surface area contributed by atoms with E-state index in [1.807, 2.05) is 6.92 Å². The van der Waals surface area contributed by atoms with E-state index >= 15 is 0 Å². The van der Waals surface area contributed by atoms with Crippen molar-refractivity contribution in [2.24, 2.45) is 0 Å². The summed E-state index contributed by atoms with van der Waals surface area (Å²) in [5, 5.41) is 0.148. The number of halogens is 3. The molecule has 0 amide bonds. The molecule has 146 valence electrons. The van der Waals surface area contributed by atoms with Gasteiger partial charge in [-0.1, -0.05) is 6.92 Å². The Hall–Kier alpha value is -3.16. The number of hydrogen-bond acceptors (Lipinski definition) is 4. The van der Waals surface area contributed by atoms with Crippen molar-refractivity contribution in [2.75, 3.05) is 7.11 Å². The van der Waals surface area contributed by atoms with Gasteiger partial charge in [-0.05, 0) is 42.3 Å². The van der Waals surface area contributed by atoms with E-state index in [9.17, 15) is 22.8 Å². The smallest absolute Gasteiger partial charge is 0.416 e. The lowest BCUT2D eigenvalue weighted by molar-refractivity contribution is -0.139. The highest BCUT2D eigenvalue weighted by atomic mass is 19.4. The largest absolute Gasteiger partial charge is 0.469 e. The topological polar surface area (TPSA) is 72.0 Å². The molecule has 0 spiro atoms. The molecule has 0 aliphatic rings. The van der Waals surface area contributed by atoms with E-state index < -0.39 is 23.5 Å². The van der Waals surface area contributed by atoms with Crippen molar-refractivity contribution in [3.63, 3.8) is 0 Å². The van der Waals surface area contributed by atoms with E-state index in [2.05, 4.69) is 14.7 Å². The second-order valence-electron chi connectivity index (χ2n) is 6.22. The first-order valence-corrected chi connectivity index (χ1v) is 8.52. The molecule has 3 rings (SSSR count). The zero-order valence-corrected chi connectivity index (χ0v) is 15.2. The summed E-state index contributed by atoms with van der Waals surface area (Å²) in [6.45, 7) is 1.92. The summed E-state index contributed by atoms with van der Waals surface area (Å²) in [5.74, 6) is -1.17. The first-order chi connectivity index (χ1) is 13.2. The maximum absolute atomic E-state index is 13.1. The van der Waals surface area contributed by atoms with Gasteiger partial charge >= 0.3 is 12.1 Å². The van der Waals surface area contributed by atoms with Crippen molar-refractivity contribution < 1.29 is 27.5 Å². The number of aromatic amines is 1. The summed E-state index contributed by atoms with van der Waals surface area (Å²) in [6, 6.07) is 6.48. The van der Waals surface area contributed by atoms with Crippen molar-refractivity contribution in [2.45, 2.75) is 25.9 Å². The number of carbonyl (C=O) groups excluding carboxylic acids is 2. The van der Waals surface area contributed by atoms with Gasteiger partial charge in [-0.3, -0.25) is 14.6 Å². The predicted octanol–water partition coefficient (Wildman–Crippen LogP) is 4.09. The Morgan fingerprint density at radius 2 is 1.93 bits per heavy atom. The zero-order chi connectivity index (χ0) is 20.5. The lowest BCUT2D eigenvalue weighted by Gasteiger charge is -2.07. The van der Waals surface area contributed by atoms with Crippen molar-refractivity contribution in [1.29, 1.82) is 0 Å². The zero-order valence-electron chi connectivity index (χ0n) is 15.2. The first-order valence-electron chi connectivity index (χ1n) is 8.52. The first kappa shape index (κ1) is 19.6. The van der Waals surface area contributed by atoms with Crippen LogP contribution in [0.3, 0.4) is 0 Å². The second kappa shape index (κ2) is 7.46. The van der Waals surface area contributed by atoms with E-state index in [1.165, 1.54) is 19.4 Å². The molecule has 0 aliphatic heterocycles. The molecular weight excluding hydrogens is 373 g/mol. The number of ketones is 1. The standard InChI is InChI=1S/C20H17F3N2O3/c1-3-11-6-7-24-16(8-11)19(27)18-14(10-17(26)28-2)13-9-12(20(21,22)23)4-5-15(13)25-18/h4-9,25H,3,10H2,1-2H3. The Balaban J connectivity index is 2.18. The number of rotatable bonds is 5. The summed E-state index contributed by atoms with van der Waals surface area (Å²) < 4.78 is 44.0. The van der Waals surface area contributed by atoms with Crippen LogP contribution in [0.5, 0.6) is 0 Å². The van der Waals surface area contributed by atoms with Crippen LogP contribution < -0.4 is 0 Å². The molecule has 28 heavy (non-hydrogen) atoms. The van der Waals surface area contributed by atoms with Crippen molar-refractivity contribution in [1.82, 2.24) is 9.97 Å². The molecule has 0 unspecified atom stereocenters. The summed E-state index contributed by atoms with van der Waals surface area (Å²) >= 11 is 0. The van der Waals surface area contributed by atoms with Gasteiger partial charge in [0.15, 0.2) is 0 Å². The molecule has 0 fully saturated rings. The predicted molar refractivity (Wildman–Crippen MR) is 96.1 cm³/mol. The molecule has 2 heterocycles. The molecule has 0 radical (unpaired) electrons. The van der Waals surface area contributed by atoms with Gasteiger partial charge in [-0.2, -0.15) is 13.2 Å². The number of hydrogen-bond donors (Lipinski definition) is 1. The van der Waals surface area contributed by atoms with E-state index in [4.69, 9.17) is 0 Å². The summed E-state index contributed by atoms with van der Waals surface area (Å²) in [5.41, 5.74) is 0.677. The van der Waals surface area contributed by atoms with Crippen LogP contribution in [0.4, 0.5) is 13.2 Å². The number of fused-ring (bicyclic) bond motifs is 1. The third-order valence-corrected chi connectivity index (χ3v) is 4.47. The number of nitrogens with zero attached hydrogens (tertiary/aromatic N) is 1. The highest BCUT2D eigenvalue weighted by Gasteiger charge is 2.32. The Kier molecular flexibility index (Phi) is 5.22. The lowest BCUT2D eigenvalue weighted by Crippen LogP contribution is -2.11. The molecule has 1 N–H and O–H groups in total. The third kappa shape index (κ3) is 3.76. The third-order valence-electron chi connectivity index (χ3n) is 4.47. The van der Waals surface area contributed by atoms with Gasteiger partial charge in [0.25, 0.3) is 0 Å². The van der Waals surface area contributed by atoms with E-state index in [1.54, 1.807) is 12.1 Å². The Morgan fingerprint density at radius 1 is 1.18 bits per heavy atom. The number of carbonyl (C=O) groups is 2. The number of nitrogens with one attached hydrogen (secondary N) is 1. The molecule has 8 heteroatoms. The maximum atomic E-state index is 13.1. The summed E-state index contributed by atoms with van der Waals surface area (Å²) in [6.07, 6.45) is -2.70. The molecule has 0 aliphatic carbocycles. The average Bonchev–Trinajstić information content (AvgIpc) is 3.04. The summed E-state index contributed by atoms with van der Waals surface area (Å²) in [7, 11) is 1.17. The quantitative estimate of drug-likeness (QED) is 0.526. The molecule has 3 aromatic rings. The number of alkyl halides is 3. The Labute approximate surface area is 158 Å². The van der Waals surface area contributed by atoms with Crippen molar-refractivity contribution in [3.05, 3.63) is 64.6 Å². The highest BCUT2D eigenvalue weighted by Crippen LogP contribution is 2.34. The monoisotopic (exact) mass is 390 g/mol. The molecule has 5 nitrogen and oxygen atoms in total. The minimum absolute atomic E-state index is 0.0282. The van der Waals surface area contributed by atoms with Crippen molar-refractivity contribution in [3.8, 4) is 0 Å². The van der Waals surface area contributed by atoms with Gasteiger partial charge < -0.3 is 9.72 Å². The van der Waals surface area contributed by atoms with E-state index in [0.29, 0.717) is 11.9 Å². The molecular formula is C20H17F3N2O3. The second-order valence-corrected chi connectivity index (χ2v) is 6.22. The van der Waals surface area contributed by atoms with E-state index in [-0.39, 0.29) is 28.8 Å². The normalized spacial score (nSPS) is 11.6. The minimum atomic E-state index is -4.55. The summed E-state index contributed by atoms with van der Waals surface area (Å²) in [4.78, 5) is 31.7. The number of ether oxygens (including phenoxy) is 1. The number of H-pyrrole nitrogens is 1. The number of methoxy groups -OCH3 is 1. The number of pyridine rings is 1. The van der Waals surface area contributed by atoms with Crippen LogP contribution in [0.1, 0.15) is 39.8 Å². The fourth-order valence-corrected chi connectivity index (χ4v) is 2.96. The lowest BCUT2D eigenvalue weighted by atomic mass is 10.0. The Bertz CT molecular complexity index is 1050. The van der Waals surface area contributed by atoms with Crippen LogP contribution >= 0.6 is 0 Å². The Morgan fingerprint density at radius 3 is 2.57 bits per heavy atom. The van der Waals surface area contributed by atoms with Crippen LogP contribution in [0.25, 0.3) is 10.9 Å². The molecule has 2 aromatic heterocycles. The van der Waals surface area contributed by atoms with Gasteiger partial charge in [0.05, 0.1) is 24.8 Å². The fraction of sp³-hybridized carbons (Fsp3) is 0.250. The van der Waals surface area contributed by atoms with Crippen LogP contribution in [0, 0.1) is 0 Å². The minimum Gasteiger partial charge on any atom is -0.469 e. The molecule has 1 aromatic carbocycles. The molecule has 0 bridgehead atoms. The average molecular weight is 390 g/mol. The highest BCUT2D eigenvalue weighted by molar-refractivity contribution is 6.11. The van der Waals surface area contributed by atoms with Crippen LogP contribution in [0.15, 0.2) is 36.5 Å². The number of benzene rings is 1. The van der Waals surface area contributed by atoms with Gasteiger partial charge in [0.1, 0.15) is 5.69 Å². The van der Waals surface area contributed by atoms with Crippen LogP contribution in [-0.4, -0.2) is 28.8 Å². The van der Waals surface area contributed by atoms with Crippen LogP contribution in [0.2, 0.25) is 0 Å². The number of aryl methyl sites for hydroxylation is 1. The van der Waals surface area contributed by atoms with E-state index in [0.717, 1.165) is 17.7 Å². The van der Waals surface area contributed by atoms with Crippen LogP contribution in [-0.2, 0) is 28.5 Å². The van der Waals surface area contributed by atoms with Gasteiger partial charge in [0, 0.05) is 22.7 Å². The van der Waals surface area contributed by atoms with Crippen molar-refractivity contribution >= 4 is 22.7 Å². The fourth-order valence-electron chi connectivity index (χ4n) is 2.96. The maximum Gasteiger partial charge on any atom is 0.416 e. The van der Waals surface area contributed by atoms with Gasteiger partial charge in [0.2, 0.25) is 5.78 Å². The SMILES string of the molecule is CCc1ccnc(C(=O)c2[nH]c3ccc(C(F)(F)F)cc3c2CC(=O)OC)c1. The molecule has 0 saturated heterocycles. The number of esters is 1. The molecule has 0 saturated carbocycles. The number of aromatic nitrogens is 2. The van der Waals surface area contributed by atoms with Gasteiger partial charge in [-0.15, -0.1) is 0 Å². The molecule has 0 atom stereocenters.